The molecule has 0 saturated carbocycles. The molecule has 0 bridgehead atoms. The van der Waals surface area contributed by atoms with Crippen LogP contribution in [0, 0.1) is 0 Å². The number of amides is 1. The maximum atomic E-state index is 12.9. The Hall–Kier alpha value is -2.29. The number of methoxy groups -OCH3 is 1. The Bertz CT molecular complexity index is 974. The van der Waals surface area contributed by atoms with Gasteiger partial charge in [-0.25, -0.2) is 13.1 Å². The van der Waals surface area contributed by atoms with Gasteiger partial charge in [-0.3, -0.25) is 4.79 Å². The lowest BCUT2D eigenvalue weighted by atomic mass is 10.0. The van der Waals surface area contributed by atoms with E-state index in [0.29, 0.717) is 36.8 Å². The van der Waals surface area contributed by atoms with Gasteiger partial charge in [-0.1, -0.05) is 35.9 Å². The summed E-state index contributed by atoms with van der Waals surface area (Å²) in [6.45, 7) is 2.47. The molecule has 0 aliphatic carbocycles. The number of para-hydroxylation sites is 2. The molecule has 162 valence electrons. The van der Waals surface area contributed by atoms with Crippen LogP contribution in [0.25, 0.3) is 0 Å². The standard InChI is InChI=1S/C21H26ClN3O4S/c1-29-20-6-4-3-5-19(20)24-11-13-25(14-12-24)21(26)15-18(23-30(2,27)28)16-7-9-17(22)10-8-16/h3-10,18,23H,11-15H2,1-2H3/t18-/m0/s1. The first-order chi connectivity index (χ1) is 14.3. The van der Waals surface area contributed by atoms with E-state index >= 15 is 0 Å². The van der Waals surface area contributed by atoms with E-state index in [1.165, 1.54) is 0 Å². The Morgan fingerprint density at radius 3 is 2.33 bits per heavy atom. The maximum absolute atomic E-state index is 12.9. The average Bonchev–Trinajstić information content (AvgIpc) is 2.73. The van der Waals surface area contributed by atoms with E-state index in [4.69, 9.17) is 16.3 Å². The number of nitrogens with one attached hydrogen (secondary N) is 1. The molecule has 0 unspecified atom stereocenters. The van der Waals surface area contributed by atoms with Crippen molar-refractivity contribution in [1.82, 2.24) is 9.62 Å². The van der Waals surface area contributed by atoms with Crippen molar-refractivity contribution in [2.75, 3.05) is 44.4 Å². The van der Waals surface area contributed by atoms with Crippen molar-refractivity contribution >= 4 is 33.2 Å². The van der Waals surface area contributed by atoms with Gasteiger partial charge in [0.25, 0.3) is 0 Å². The van der Waals surface area contributed by atoms with Gasteiger partial charge in [-0.15, -0.1) is 0 Å². The topological polar surface area (TPSA) is 79.0 Å². The summed E-state index contributed by atoms with van der Waals surface area (Å²) in [5.41, 5.74) is 1.70. The highest BCUT2D eigenvalue weighted by molar-refractivity contribution is 7.88. The van der Waals surface area contributed by atoms with Gasteiger partial charge in [0.05, 0.1) is 25.1 Å². The summed E-state index contributed by atoms with van der Waals surface area (Å²) in [6.07, 6.45) is 1.13. The highest BCUT2D eigenvalue weighted by atomic mass is 35.5. The Balaban J connectivity index is 1.66. The molecular weight excluding hydrogens is 426 g/mol. The monoisotopic (exact) mass is 451 g/mol. The Morgan fingerprint density at radius 2 is 1.73 bits per heavy atom. The number of piperazine rings is 1. The molecule has 1 heterocycles. The third-order valence-corrected chi connectivity index (χ3v) is 6.03. The molecule has 2 aromatic rings. The molecule has 0 spiro atoms. The lowest BCUT2D eigenvalue weighted by Gasteiger charge is -2.37. The first-order valence-electron chi connectivity index (χ1n) is 9.65. The highest BCUT2D eigenvalue weighted by Gasteiger charge is 2.26. The molecule has 7 nitrogen and oxygen atoms in total. The average molecular weight is 452 g/mol. The van der Waals surface area contributed by atoms with E-state index in [1.54, 1.807) is 36.3 Å². The van der Waals surface area contributed by atoms with Gasteiger partial charge >= 0.3 is 0 Å². The zero-order chi connectivity index (χ0) is 21.7. The van der Waals surface area contributed by atoms with Gasteiger partial charge in [0.15, 0.2) is 0 Å². The molecule has 1 saturated heterocycles. The maximum Gasteiger partial charge on any atom is 0.224 e. The fraction of sp³-hybridized carbons (Fsp3) is 0.381. The second-order valence-electron chi connectivity index (χ2n) is 7.24. The van der Waals surface area contributed by atoms with Gasteiger partial charge in [0.1, 0.15) is 5.75 Å². The summed E-state index contributed by atoms with van der Waals surface area (Å²) in [7, 11) is -1.84. The summed E-state index contributed by atoms with van der Waals surface area (Å²) in [6, 6.07) is 14.0. The van der Waals surface area contributed by atoms with E-state index in [2.05, 4.69) is 9.62 Å². The van der Waals surface area contributed by atoms with Crippen LogP contribution < -0.4 is 14.4 Å². The molecule has 2 aromatic carbocycles. The molecule has 30 heavy (non-hydrogen) atoms. The number of nitrogens with zero attached hydrogens (tertiary/aromatic N) is 2. The van der Waals surface area contributed by atoms with Gasteiger partial charge in [0, 0.05) is 37.6 Å². The molecule has 1 fully saturated rings. The summed E-state index contributed by atoms with van der Waals surface area (Å²) in [4.78, 5) is 16.9. The molecule has 1 amide bonds. The number of sulfonamides is 1. The molecule has 9 heteroatoms. The Morgan fingerprint density at radius 1 is 1.10 bits per heavy atom. The smallest absolute Gasteiger partial charge is 0.224 e. The minimum Gasteiger partial charge on any atom is -0.495 e. The van der Waals surface area contributed by atoms with Crippen LogP contribution in [0.15, 0.2) is 48.5 Å². The first kappa shape index (κ1) is 22.4. The summed E-state index contributed by atoms with van der Waals surface area (Å²) in [5, 5.41) is 0.552. The van der Waals surface area contributed by atoms with Crippen molar-refractivity contribution in [3.63, 3.8) is 0 Å². The lowest BCUT2D eigenvalue weighted by molar-refractivity contribution is -0.132. The van der Waals surface area contributed by atoms with Gasteiger partial charge in [0.2, 0.25) is 15.9 Å². The molecule has 0 radical (unpaired) electrons. The van der Waals surface area contributed by atoms with Crippen molar-refractivity contribution in [1.29, 1.82) is 0 Å². The largest absolute Gasteiger partial charge is 0.495 e. The van der Waals surface area contributed by atoms with Gasteiger partial charge in [-0.2, -0.15) is 0 Å². The molecule has 1 atom stereocenters. The quantitative estimate of drug-likeness (QED) is 0.700. The number of carbonyl (C=O) groups is 1. The Kier molecular flexibility index (Phi) is 7.23. The second kappa shape index (κ2) is 9.68. The predicted octanol–water partition coefficient (Wildman–Crippen LogP) is 2.68. The van der Waals surface area contributed by atoms with Crippen LogP contribution in [-0.4, -0.2) is 58.8 Å². The highest BCUT2D eigenvalue weighted by Crippen LogP contribution is 2.29. The van der Waals surface area contributed by atoms with E-state index in [9.17, 15) is 13.2 Å². The van der Waals surface area contributed by atoms with Crippen LogP contribution in [0.4, 0.5) is 5.69 Å². The van der Waals surface area contributed by atoms with E-state index in [1.807, 2.05) is 24.3 Å². The summed E-state index contributed by atoms with van der Waals surface area (Å²) >= 11 is 5.94. The molecule has 1 aliphatic heterocycles. The third-order valence-electron chi connectivity index (χ3n) is 5.07. The molecular formula is C21H26ClN3O4S. The number of anilines is 1. The van der Waals surface area contributed by atoms with E-state index in [0.717, 1.165) is 17.7 Å². The Labute approximate surface area is 182 Å². The number of carbonyl (C=O) groups excluding carboxylic acids is 1. The zero-order valence-electron chi connectivity index (χ0n) is 17.0. The zero-order valence-corrected chi connectivity index (χ0v) is 18.6. The normalized spacial score (nSPS) is 15.7. The van der Waals surface area contributed by atoms with Crippen LogP contribution in [0.3, 0.4) is 0 Å². The SMILES string of the molecule is COc1ccccc1N1CCN(C(=O)C[C@H](NS(C)(=O)=O)c2ccc(Cl)cc2)CC1. The predicted molar refractivity (Wildman–Crippen MR) is 119 cm³/mol. The van der Waals surface area contributed by atoms with Crippen LogP contribution in [-0.2, 0) is 14.8 Å². The molecule has 1 aliphatic rings. The minimum atomic E-state index is -3.49. The molecule has 0 aromatic heterocycles. The molecule has 1 N–H and O–H groups in total. The van der Waals surface area contributed by atoms with Crippen molar-refractivity contribution in [2.45, 2.75) is 12.5 Å². The molecule has 3 rings (SSSR count). The van der Waals surface area contributed by atoms with Gasteiger partial charge < -0.3 is 14.5 Å². The van der Waals surface area contributed by atoms with Crippen LogP contribution in [0.2, 0.25) is 5.02 Å². The van der Waals surface area contributed by atoms with Crippen molar-refractivity contribution in [3.8, 4) is 5.75 Å². The second-order valence-corrected chi connectivity index (χ2v) is 9.45. The third kappa shape index (κ3) is 5.87. The summed E-state index contributed by atoms with van der Waals surface area (Å²) < 4.78 is 31.6. The number of halogens is 1. The number of rotatable bonds is 7. The fourth-order valence-corrected chi connectivity index (χ4v) is 4.43. The van der Waals surface area contributed by atoms with Crippen LogP contribution in [0.1, 0.15) is 18.0 Å². The van der Waals surface area contributed by atoms with E-state index in [-0.39, 0.29) is 12.3 Å². The van der Waals surface area contributed by atoms with Crippen LogP contribution in [0.5, 0.6) is 5.75 Å². The fourth-order valence-electron chi connectivity index (χ4n) is 3.57. The first-order valence-corrected chi connectivity index (χ1v) is 11.9. The number of hydrogen-bond donors (Lipinski definition) is 1. The lowest BCUT2D eigenvalue weighted by Crippen LogP contribution is -2.49. The summed E-state index contributed by atoms with van der Waals surface area (Å²) in [5.74, 6) is 0.711. The number of hydrogen-bond acceptors (Lipinski definition) is 5. The van der Waals surface area contributed by atoms with Gasteiger partial charge in [-0.05, 0) is 29.8 Å². The van der Waals surface area contributed by atoms with E-state index < -0.39 is 16.1 Å². The van der Waals surface area contributed by atoms with Crippen molar-refractivity contribution in [3.05, 3.63) is 59.1 Å². The van der Waals surface area contributed by atoms with Crippen molar-refractivity contribution in [2.24, 2.45) is 0 Å². The van der Waals surface area contributed by atoms with Crippen LogP contribution >= 0.6 is 11.6 Å². The van der Waals surface area contributed by atoms with Crippen molar-refractivity contribution < 1.29 is 17.9 Å². The number of ether oxygens (including phenoxy) is 1. The number of benzene rings is 2. The minimum absolute atomic E-state index is 0.0450.